The van der Waals surface area contributed by atoms with Crippen molar-refractivity contribution in [3.05, 3.63) is 28.8 Å². The lowest BCUT2D eigenvalue weighted by molar-refractivity contribution is 0.0827. The molecule has 1 aromatic carbocycles. The summed E-state index contributed by atoms with van der Waals surface area (Å²) in [5.74, 6) is -0.0519. The molecule has 3 nitrogen and oxygen atoms in total. The zero-order valence-electron chi connectivity index (χ0n) is 8.47. The molecule has 0 saturated carbocycles. The summed E-state index contributed by atoms with van der Waals surface area (Å²) in [6, 6.07) is 5.20. The first kappa shape index (κ1) is 10.9. The van der Waals surface area contributed by atoms with E-state index in [1.165, 1.54) is 4.90 Å². The Kier molecular flexibility index (Phi) is 3.36. The van der Waals surface area contributed by atoms with Crippen LogP contribution in [0.3, 0.4) is 0 Å². The lowest BCUT2D eigenvalue weighted by Crippen LogP contribution is -2.21. The number of hydrogen-bond acceptors (Lipinski definition) is 2. The van der Waals surface area contributed by atoms with Gasteiger partial charge in [-0.25, -0.2) is 0 Å². The van der Waals surface area contributed by atoms with E-state index >= 15 is 0 Å². The summed E-state index contributed by atoms with van der Waals surface area (Å²) in [7, 11) is 5.21. The molecule has 1 amide bonds. The Morgan fingerprint density at radius 3 is 2.50 bits per heavy atom. The van der Waals surface area contributed by atoms with Crippen LogP contribution in [0.25, 0.3) is 0 Å². The molecule has 0 fully saturated rings. The maximum absolute atomic E-state index is 11.6. The van der Waals surface area contributed by atoms with Crippen molar-refractivity contribution in [2.75, 3.05) is 26.5 Å². The highest BCUT2D eigenvalue weighted by atomic mass is 35.5. The van der Waals surface area contributed by atoms with Crippen molar-refractivity contribution in [2.24, 2.45) is 0 Å². The first-order chi connectivity index (χ1) is 6.54. The molecule has 14 heavy (non-hydrogen) atoms. The Bertz CT molecular complexity index is 350. The van der Waals surface area contributed by atoms with E-state index in [4.69, 9.17) is 11.6 Å². The smallest absolute Gasteiger partial charge is 0.253 e. The maximum Gasteiger partial charge on any atom is 0.253 e. The highest BCUT2D eigenvalue weighted by Crippen LogP contribution is 2.19. The van der Waals surface area contributed by atoms with Crippen LogP contribution in [0.1, 0.15) is 10.4 Å². The van der Waals surface area contributed by atoms with E-state index in [0.717, 1.165) is 5.69 Å². The lowest BCUT2D eigenvalue weighted by atomic mass is 10.2. The second kappa shape index (κ2) is 4.33. The van der Waals surface area contributed by atoms with Crippen LogP contribution >= 0.6 is 11.6 Å². The topological polar surface area (TPSA) is 32.3 Å². The van der Waals surface area contributed by atoms with Gasteiger partial charge in [-0.2, -0.15) is 0 Å². The van der Waals surface area contributed by atoms with Gasteiger partial charge in [0, 0.05) is 37.4 Å². The number of rotatable bonds is 2. The summed E-state index contributed by atoms with van der Waals surface area (Å²) in [6.07, 6.45) is 0. The molecule has 0 aromatic heterocycles. The Labute approximate surface area is 88.7 Å². The number of halogens is 1. The van der Waals surface area contributed by atoms with Crippen LogP contribution in [0.2, 0.25) is 5.02 Å². The molecule has 0 aliphatic rings. The predicted octanol–water partition coefficient (Wildman–Crippen LogP) is 2.08. The number of nitrogens with one attached hydrogen (secondary N) is 1. The lowest BCUT2D eigenvalue weighted by Gasteiger charge is -2.11. The normalized spacial score (nSPS) is 9.71. The number of hydrogen-bond donors (Lipinski definition) is 1. The maximum atomic E-state index is 11.6. The second-order valence-corrected chi connectivity index (χ2v) is 3.61. The summed E-state index contributed by atoms with van der Waals surface area (Å²) in [4.78, 5) is 13.1. The Hall–Kier alpha value is -1.22. The predicted molar refractivity (Wildman–Crippen MR) is 59.0 cm³/mol. The molecular formula is C10H13ClN2O. The molecule has 0 saturated heterocycles. The van der Waals surface area contributed by atoms with Crippen molar-refractivity contribution in [3.63, 3.8) is 0 Å². The minimum absolute atomic E-state index is 0.0519. The van der Waals surface area contributed by atoms with Gasteiger partial charge in [0.2, 0.25) is 0 Å². The molecule has 76 valence electrons. The fourth-order valence-corrected chi connectivity index (χ4v) is 1.35. The molecule has 0 heterocycles. The average Bonchev–Trinajstić information content (AvgIpc) is 2.15. The van der Waals surface area contributed by atoms with Crippen LogP contribution in [-0.2, 0) is 0 Å². The summed E-state index contributed by atoms with van der Waals surface area (Å²) in [5.41, 5.74) is 1.43. The van der Waals surface area contributed by atoms with Crippen LogP contribution in [0, 0.1) is 0 Å². The van der Waals surface area contributed by atoms with Gasteiger partial charge in [0.25, 0.3) is 5.91 Å². The highest BCUT2D eigenvalue weighted by molar-refractivity contribution is 6.31. The van der Waals surface area contributed by atoms with Crippen molar-refractivity contribution in [1.82, 2.24) is 4.90 Å². The van der Waals surface area contributed by atoms with Gasteiger partial charge in [-0.05, 0) is 18.2 Å². The van der Waals surface area contributed by atoms with E-state index in [0.29, 0.717) is 10.6 Å². The van der Waals surface area contributed by atoms with Crippen LogP contribution in [0.5, 0.6) is 0 Å². The number of amides is 1. The van der Waals surface area contributed by atoms with Crippen molar-refractivity contribution < 1.29 is 4.79 Å². The summed E-state index contributed by atoms with van der Waals surface area (Å²) in [5, 5.41) is 3.50. The van der Waals surface area contributed by atoms with Crippen LogP contribution < -0.4 is 5.32 Å². The van der Waals surface area contributed by atoms with Crippen LogP contribution in [-0.4, -0.2) is 32.0 Å². The van der Waals surface area contributed by atoms with Crippen LogP contribution in [0.15, 0.2) is 18.2 Å². The van der Waals surface area contributed by atoms with Gasteiger partial charge < -0.3 is 10.2 Å². The first-order valence-electron chi connectivity index (χ1n) is 4.24. The molecule has 1 rings (SSSR count). The van der Waals surface area contributed by atoms with Gasteiger partial charge in [0.15, 0.2) is 0 Å². The third kappa shape index (κ3) is 2.39. The molecule has 0 atom stereocenters. The first-order valence-corrected chi connectivity index (χ1v) is 4.62. The van der Waals surface area contributed by atoms with Crippen molar-refractivity contribution in [2.45, 2.75) is 0 Å². The monoisotopic (exact) mass is 212 g/mol. The van der Waals surface area contributed by atoms with Gasteiger partial charge >= 0.3 is 0 Å². The van der Waals surface area contributed by atoms with Gasteiger partial charge in [-0.3, -0.25) is 4.79 Å². The van der Waals surface area contributed by atoms with Crippen LogP contribution in [0.4, 0.5) is 5.69 Å². The summed E-state index contributed by atoms with van der Waals surface area (Å²) < 4.78 is 0. The molecule has 0 unspecified atom stereocenters. The molecule has 0 spiro atoms. The van der Waals surface area contributed by atoms with Gasteiger partial charge in [-0.15, -0.1) is 0 Å². The SMILES string of the molecule is CNc1cc(Cl)cc(C(=O)N(C)C)c1. The van der Waals surface area contributed by atoms with E-state index in [9.17, 15) is 4.79 Å². The van der Waals surface area contributed by atoms with Crippen molar-refractivity contribution in [1.29, 1.82) is 0 Å². The molecule has 0 aliphatic carbocycles. The molecule has 1 aromatic rings. The number of benzene rings is 1. The van der Waals surface area contributed by atoms with E-state index in [-0.39, 0.29) is 5.91 Å². The zero-order chi connectivity index (χ0) is 10.7. The van der Waals surface area contributed by atoms with E-state index in [2.05, 4.69) is 5.32 Å². The second-order valence-electron chi connectivity index (χ2n) is 3.18. The zero-order valence-corrected chi connectivity index (χ0v) is 9.22. The number of nitrogens with zero attached hydrogens (tertiary/aromatic N) is 1. The Morgan fingerprint density at radius 1 is 1.36 bits per heavy atom. The molecule has 1 N–H and O–H groups in total. The number of anilines is 1. The highest BCUT2D eigenvalue weighted by Gasteiger charge is 2.09. The molecular weight excluding hydrogens is 200 g/mol. The minimum Gasteiger partial charge on any atom is -0.388 e. The molecule has 0 aliphatic heterocycles. The van der Waals surface area contributed by atoms with E-state index < -0.39 is 0 Å². The third-order valence-electron chi connectivity index (χ3n) is 1.84. The number of carbonyl (C=O) groups is 1. The fourth-order valence-electron chi connectivity index (χ4n) is 1.12. The Balaban J connectivity index is 3.09. The van der Waals surface area contributed by atoms with Crippen molar-refractivity contribution >= 4 is 23.2 Å². The van der Waals surface area contributed by atoms with Gasteiger partial charge in [0.05, 0.1) is 0 Å². The quantitative estimate of drug-likeness (QED) is 0.814. The summed E-state index contributed by atoms with van der Waals surface area (Å²) >= 11 is 5.87. The number of carbonyl (C=O) groups excluding carboxylic acids is 1. The van der Waals surface area contributed by atoms with Gasteiger partial charge in [-0.1, -0.05) is 11.6 Å². The van der Waals surface area contributed by atoms with E-state index in [1.54, 1.807) is 39.3 Å². The largest absolute Gasteiger partial charge is 0.388 e. The average molecular weight is 213 g/mol. The summed E-state index contributed by atoms with van der Waals surface area (Å²) in [6.45, 7) is 0. The van der Waals surface area contributed by atoms with E-state index in [1.807, 2.05) is 0 Å². The Morgan fingerprint density at radius 2 is 2.00 bits per heavy atom. The molecule has 0 bridgehead atoms. The molecule has 0 radical (unpaired) electrons. The minimum atomic E-state index is -0.0519. The fraction of sp³-hybridized carbons (Fsp3) is 0.300. The van der Waals surface area contributed by atoms with Gasteiger partial charge in [0.1, 0.15) is 0 Å². The molecule has 4 heteroatoms. The standard InChI is InChI=1S/C10H13ClN2O/c1-12-9-5-7(4-8(11)6-9)10(14)13(2)3/h4-6,12H,1-3H3. The van der Waals surface area contributed by atoms with Crippen molar-refractivity contribution in [3.8, 4) is 0 Å². The third-order valence-corrected chi connectivity index (χ3v) is 2.06.